The van der Waals surface area contributed by atoms with Gasteiger partial charge in [0.1, 0.15) is 18.1 Å². The van der Waals surface area contributed by atoms with E-state index in [9.17, 15) is 9.59 Å². The van der Waals surface area contributed by atoms with Crippen LogP contribution in [0.15, 0.2) is 24.3 Å². The molecule has 0 aliphatic rings. The molecule has 0 saturated carbocycles. The molecule has 98 valence electrons. The van der Waals surface area contributed by atoms with Crippen molar-refractivity contribution in [1.29, 1.82) is 0 Å². The number of carbonyl (C=O) groups excluding carboxylic acids is 1. The van der Waals surface area contributed by atoms with Crippen LogP contribution in [-0.2, 0) is 11.3 Å². The molecule has 1 heterocycles. The Hall–Kier alpha value is -2.63. The summed E-state index contributed by atoms with van der Waals surface area (Å²) in [4.78, 5) is 21.8. The second-order valence-corrected chi connectivity index (χ2v) is 4.18. The van der Waals surface area contributed by atoms with Crippen LogP contribution in [0.2, 0.25) is 0 Å². The Kier molecular flexibility index (Phi) is 3.33. The summed E-state index contributed by atoms with van der Waals surface area (Å²) in [6.45, 7) is 1.57. The molecule has 0 radical (unpaired) electrons. The second kappa shape index (κ2) is 4.93. The molecule has 0 spiro atoms. The van der Waals surface area contributed by atoms with E-state index in [1.165, 1.54) is 0 Å². The number of aldehydes is 1. The summed E-state index contributed by atoms with van der Waals surface area (Å²) >= 11 is 0. The zero-order chi connectivity index (χ0) is 14.0. The Morgan fingerprint density at radius 3 is 2.58 bits per heavy atom. The van der Waals surface area contributed by atoms with E-state index in [1.807, 2.05) is 31.2 Å². The predicted molar refractivity (Wildman–Crippen MR) is 69.8 cm³/mol. The van der Waals surface area contributed by atoms with Gasteiger partial charge in [0, 0.05) is 5.56 Å². The van der Waals surface area contributed by atoms with Crippen molar-refractivity contribution in [2.75, 3.05) is 5.73 Å². The number of hydrogen-bond donors (Lipinski definition) is 2. The molecule has 0 amide bonds. The van der Waals surface area contributed by atoms with Gasteiger partial charge in [-0.25, -0.2) is 4.68 Å². The standard InChI is InChI=1S/C13H13N3O3/c1-8-2-4-9(5-3-8)12-10(7-17)13(14)16(15-12)6-11(18)19/h2-5,7H,6,14H2,1H3,(H,18,19). The van der Waals surface area contributed by atoms with Crippen LogP contribution in [0.4, 0.5) is 5.82 Å². The van der Waals surface area contributed by atoms with Crippen LogP contribution in [0, 0.1) is 6.92 Å². The van der Waals surface area contributed by atoms with Crippen molar-refractivity contribution in [1.82, 2.24) is 9.78 Å². The van der Waals surface area contributed by atoms with Crippen LogP contribution in [-0.4, -0.2) is 27.1 Å². The number of nitrogens with two attached hydrogens (primary N) is 1. The highest BCUT2D eigenvalue weighted by Gasteiger charge is 2.17. The average molecular weight is 259 g/mol. The Labute approximate surface area is 109 Å². The lowest BCUT2D eigenvalue weighted by atomic mass is 10.1. The summed E-state index contributed by atoms with van der Waals surface area (Å²) in [6, 6.07) is 7.40. The van der Waals surface area contributed by atoms with Crippen molar-refractivity contribution >= 4 is 18.1 Å². The van der Waals surface area contributed by atoms with E-state index < -0.39 is 5.97 Å². The first-order valence-corrected chi connectivity index (χ1v) is 5.63. The topological polar surface area (TPSA) is 98.2 Å². The van der Waals surface area contributed by atoms with Crippen molar-refractivity contribution in [3.05, 3.63) is 35.4 Å². The fraction of sp³-hybridized carbons (Fsp3) is 0.154. The number of nitrogens with zero attached hydrogens (tertiary/aromatic N) is 2. The van der Waals surface area contributed by atoms with Crippen molar-refractivity contribution in [2.45, 2.75) is 13.5 Å². The van der Waals surface area contributed by atoms with Crippen LogP contribution in [0.25, 0.3) is 11.3 Å². The maximum Gasteiger partial charge on any atom is 0.325 e. The van der Waals surface area contributed by atoms with Crippen molar-refractivity contribution < 1.29 is 14.7 Å². The lowest BCUT2D eigenvalue weighted by molar-refractivity contribution is -0.137. The maximum atomic E-state index is 11.1. The minimum absolute atomic E-state index is 0.0629. The van der Waals surface area contributed by atoms with E-state index in [-0.39, 0.29) is 17.9 Å². The molecule has 2 aromatic rings. The summed E-state index contributed by atoms with van der Waals surface area (Å²) in [7, 11) is 0. The third-order valence-electron chi connectivity index (χ3n) is 2.76. The minimum atomic E-state index is -1.07. The molecule has 0 aliphatic carbocycles. The monoisotopic (exact) mass is 259 g/mol. The molecule has 1 aromatic heterocycles. The zero-order valence-corrected chi connectivity index (χ0v) is 10.3. The smallest absolute Gasteiger partial charge is 0.325 e. The SMILES string of the molecule is Cc1ccc(-c2nn(CC(=O)O)c(N)c2C=O)cc1. The fourth-order valence-corrected chi connectivity index (χ4v) is 1.78. The quantitative estimate of drug-likeness (QED) is 0.807. The number of carbonyl (C=O) groups is 2. The average Bonchev–Trinajstić information content (AvgIpc) is 2.66. The van der Waals surface area contributed by atoms with Crippen LogP contribution >= 0.6 is 0 Å². The summed E-state index contributed by atoms with van der Waals surface area (Å²) in [5.74, 6) is -1.00. The van der Waals surface area contributed by atoms with E-state index in [0.29, 0.717) is 12.0 Å². The van der Waals surface area contributed by atoms with E-state index in [4.69, 9.17) is 10.8 Å². The van der Waals surface area contributed by atoms with Crippen LogP contribution in [0.5, 0.6) is 0 Å². The van der Waals surface area contributed by atoms with Gasteiger partial charge in [0.15, 0.2) is 6.29 Å². The highest BCUT2D eigenvalue weighted by atomic mass is 16.4. The van der Waals surface area contributed by atoms with Gasteiger partial charge in [-0.05, 0) is 6.92 Å². The molecule has 0 bridgehead atoms. The molecule has 0 saturated heterocycles. The van der Waals surface area contributed by atoms with Crippen molar-refractivity contribution in [2.24, 2.45) is 0 Å². The molecule has 6 nitrogen and oxygen atoms in total. The van der Waals surface area contributed by atoms with Crippen LogP contribution in [0.3, 0.4) is 0 Å². The second-order valence-electron chi connectivity index (χ2n) is 4.18. The normalized spacial score (nSPS) is 10.4. The Morgan fingerprint density at radius 1 is 1.42 bits per heavy atom. The van der Waals surface area contributed by atoms with Gasteiger partial charge in [-0.2, -0.15) is 5.10 Å². The van der Waals surface area contributed by atoms with Crippen LogP contribution < -0.4 is 5.73 Å². The first-order chi connectivity index (χ1) is 9.02. The molecule has 2 rings (SSSR count). The Morgan fingerprint density at radius 2 is 2.05 bits per heavy atom. The minimum Gasteiger partial charge on any atom is -0.480 e. The number of carboxylic acid groups (broad SMARTS) is 1. The van der Waals surface area contributed by atoms with Gasteiger partial charge in [0.25, 0.3) is 0 Å². The zero-order valence-electron chi connectivity index (χ0n) is 10.3. The summed E-state index contributed by atoms with van der Waals surface area (Å²) in [5.41, 5.74) is 8.15. The van der Waals surface area contributed by atoms with E-state index in [0.717, 1.165) is 15.8 Å². The molecule has 0 atom stereocenters. The number of carboxylic acids is 1. The molecular formula is C13H13N3O3. The number of aliphatic carboxylic acids is 1. The van der Waals surface area contributed by atoms with Gasteiger partial charge in [-0.3, -0.25) is 9.59 Å². The number of aryl methyl sites for hydroxylation is 1. The predicted octanol–water partition coefficient (Wildman–Crippen LogP) is 1.34. The Bertz CT molecular complexity index is 629. The number of rotatable bonds is 4. The lowest BCUT2D eigenvalue weighted by Gasteiger charge is -1.98. The fourth-order valence-electron chi connectivity index (χ4n) is 1.78. The first kappa shape index (κ1) is 12.8. The molecule has 19 heavy (non-hydrogen) atoms. The number of nitrogen functional groups attached to an aromatic ring is 1. The van der Waals surface area contributed by atoms with E-state index in [1.54, 1.807) is 0 Å². The van der Waals surface area contributed by atoms with Crippen molar-refractivity contribution in [3.63, 3.8) is 0 Å². The Balaban J connectivity index is 2.53. The van der Waals surface area contributed by atoms with Gasteiger partial charge < -0.3 is 10.8 Å². The first-order valence-electron chi connectivity index (χ1n) is 5.63. The van der Waals surface area contributed by atoms with E-state index in [2.05, 4.69) is 5.10 Å². The third kappa shape index (κ3) is 2.47. The van der Waals surface area contributed by atoms with Crippen LogP contribution in [0.1, 0.15) is 15.9 Å². The molecule has 6 heteroatoms. The van der Waals surface area contributed by atoms with Gasteiger partial charge in [-0.15, -0.1) is 0 Å². The molecule has 0 unspecified atom stereocenters. The third-order valence-corrected chi connectivity index (χ3v) is 2.76. The number of aromatic nitrogens is 2. The molecule has 0 aliphatic heterocycles. The van der Waals surface area contributed by atoms with Gasteiger partial charge in [-0.1, -0.05) is 29.8 Å². The van der Waals surface area contributed by atoms with E-state index >= 15 is 0 Å². The van der Waals surface area contributed by atoms with Gasteiger partial charge in [0.2, 0.25) is 0 Å². The summed E-state index contributed by atoms with van der Waals surface area (Å²) < 4.78 is 1.11. The lowest BCUT2D eigenvalue weighted by Crippen LogP contribution is -2.12. The van der Waals surface area contributed by atoms with Gasteiger partial charge in [0.05, 0.1) is 5.56 Å². The number of hydrogen-bond acceptors (Lipinski definition) is 4. The highest BCUT2D eigenvalue weighted by molar-refractivity contribution is 5.91. The number of anilines is 1. The summed E-state index contributed by atoms with van der Waals surface area (Å²) in [5, 5.41) is 12.9. The highest BCUT2D eigenvalue weighted by Crippen LogP contribution is 2.26. The molecule has 0 fully saturated rings. The molecular weight excluding hydrogens is 246 g/mol. The maximum absolute atomic E-state index is 11.1. The van der Waals surface area contributed by atoms with Crippen molar-refractivity contribution in [3.8, 4) is 11.3 Å². The largest absolute Gasteiger partial charge is 0.480 e. The number of benzene rings is 1. The van der Waals surface area contributed by atoms with Gasteiger partial charge >= 0.3 is 5.97 Å². The summed E-state index contributed by atoms with van der Waals surface area (Å²) in [6.07, 6.45) is 0.593. The molecule has 1 aromatic carbocycles. The molecule has 3 N–H and O–H groups in total.